The Kier molecular flexibility index (Phi) is 5.17. The van der Waals surface area contributed by atoms with Gasteiger partial charge in [-0.25, -0.2) is 8.42 Å². The van der Waals surface area contributed by atoms with Crippen LogP contribution in [0.1, 0.15) is 40.7 Å². The quantitative estimate of drug-likeness (QED) is 0.774. The van der Waals surface area contributed by atoms with Gasteiger partial charge in [0.05, 0.1) is 4.90 Å². The molecule has 1 saturated heterocycles. The lowest BCUT2D eigenvalue weighted by Crippen LogP contribution is -2.35. The van der Waals surface area contributed by atoms with E-state index in [4.69, 9.17) is 0 Å². The minimum atomic E-state index is -3.28. The summed E-state index contributed by atoms with van der Waals surface area (Å²) in [7, 11) is -3.28. The average molecular weight is 413 g/mol. The molecule has 0 saturated carbocycles. The molecular formula is C22H24N2O4S. The highest BCUT2D eigenvalue weighted by atomic mass is 32.2. The van der Waals surface area contributed by atoms with E-state index >= 15 is 0 Å². The molecule has 0 atom stereocenters. The third-order valence-corrected chi connectivity index (χ3v) is 6.70. The molecule has 0 radical (unpaired) electrons. The molecule has 0 bridgehead atoms. The molecule has 0 unspecified atom stereocenters. The third-order valence-electron chi connectivity index (χ3n) is 5.59. The zero-order valence-corrected chi connectivity index (χ0v) is 17.2. The number of hydrogen-bond donors (Lipinski definition) is 0. The highest BCUT2D eigenvalue weighted by molar-refractivity contribution is 7.90. The number of benzene rings is 2. The molecule has 1 fully saturated rings. The summed E-state index contributed by atoms with van der Waals surface area (Å²) in [5.74, 6) is 0.0883. The molecule has 2 aromatic rings. The fourth-order valence-electron chi connectivity index (χ4n) is 4.02. The molecule has 2 aliphatic rings. The van der Waals surface area contributed by atoms with Gasteiger partial charge in [0.25, 0.3) is 5.91 Å². The first-order valence-electron chi connectivity index (χ1n) is 9.84. The summed E-state index contributed by atoms with van der Waals surface area (Å²) in [6.07, 6.45) is 4.26. The van der Waals surface area contributed by atoms with Crippen LogP contribution in [0.5, 0.6) is 0 Å². The fourth-order valence-corrected chi connectivity index (χ4v) is 4.69. The van der Waals surface area contributed by atoms with E-state index in [1.165, 1.54) is 6.26 Å². The van der Waals surface area contributed by atoms with Crippen molar-refractivity contribution < 1.29 is 18.0 Å². The second kappa shape index (κ2) is 7.63. The van der Waals surface area contributed by atoms with Gasteiger partial charge in [-0.3, -0.25) is 9.59 Å². The van der Waals surface area contributed by atoms with Gasteiger partial charge < -0.3 is 9.80 Å². The van der Waals surface area contributed by atoms with Crippen molar-refractivity contribution in [3.8, 4) is 0 Å². The number of aryl methyl sites for hydroxylation is 1. The van der Waals surface area contributed by atoms with Crippen molar-refractivity contribution in [2.24, 2.45) is 0 Å². The second-order valence-electron chi connectivity index (χ2n) is 7.74. The maximum Gasteiger partial charge on any atom is 0.258 e. The van der Waals surface area contributed by atoms with Crippen LogP contribution in [0.2, 0.25) is 0 Å². The van der Waals surface area contributed by atoms with Crippen LogP contribution in [0.3, 0.4) is 0 Å². The average Bonchev–Trinajstić information content (AvgIpc) is 3.11. The van der Waals surface area contributed by atoms with Gasteiger partial charge in [-0.15, -0.1) is 0 Å². The monoisotopic (exact) mass is 412 g/mol. The van der Waals surface area contributed by atoms with Crippen molar-refractivity contribution in [1.82, 2.24) is 4.90 Å². The highest BCUT2D eigenvalue weighted by Crippen LogP contribution is 2.30. The zero-order valence-electron chi connectivity index (χ0n) is 16.4. The molecule has 2 aliphatic heterocycles. The van der Waals surface area contributed by atoms with Crippen molar-refractivity contribution in [2.45, 2.75) is 37.1 Å². The van der Waals surface area contributed by atoms with Crippen molar-refractivity contribution >= 4 is 27.3 Å². The molecule has 0 aliphatic carbocycles. The molecule has 0 N–H and O–H groups in total. The van der Waals surface area contributed by atoms with Crippen LogP contribution < -0.4 is 4.90 Å². The SMILES string of the molecule is CS(=O)(=O)c1ccc2c(c1)CCCN2C(=O)c1ccc(CN2CCCC2=O)cc1. The number of nitrogens with zero attached hydrogens (tertiary/aromatic N) is 2. The number of carbonyl (C=O) groups is 2. The van der Waals surface area contributed by atoms with Gasteiger partial charge in [0, 0.05) is 43.6 Å². The summed E-state index contributed by atoms with van der Waals surface area (Å²) in [5.41, 5.74) is 3.26. The number of anilines is 1. The standard InChI is InChI=1S/C22H24N2O4S/c1-29(27,28)19-10-11-20-18(14-19)4-2-13-24(20)22(26)17-8-6-16(7-9-17)15-23-12-3-5-21(23)25/h6-11,14H,2-5,12-13,15H2,1H3. The minimum absolute atomic E-state index is 0.0955. The van der Waals surface area contributed by atoms with Crippen LogP contribution >= 0.6 is 0 Å². The molecule has 0 spiro atoms. The van der Waals surface area contributed by atoms with Crippen molar-refractivity contribution in [3.63, 3.8) is 0 Å². The highest BCUT2D eigenvalue weighted by Gasteiger charge is 2.25. The summed E-state index contributed by atoms with van der Waals surface area (Å²) >= 11 is 0. The van der Waals surface area contributed by atoms with E-state index in [1.807, 2.05) is 17.0 Å². The third kappa shape index (κ3) is 4.05. The van der Waals surface area contributed by atoms with E-state index in [0.717, 1.165) is 42.6 Å². The zero-order chi connectivity index (χ0) is 20.6. The van der Waals surface area contributed by atoms with Crippen LogP contribution in [0.15, 0.2) is 47.4 Å². The summed E-state index contributed by atoms with van der Waals surface area (Å²) in [6, 6.07) is 12.4. The molecule has 0 aromatic heterocycles. The first-order valence-corrected chi connectivity index (χ1v) is 11.7. The first-order chi connectivity index (χ1) is 13.8. The van der Waals surface area contributed by atoms with E-state index in [2.05, 4.69) is 0 Å². The number of hydrogen-bond acceptors (Lipinski definition) is 4. The summed E-state index contributed by atoms with van der Waals surface area (Å²) in [5, 5.41) is 0. The van der Waals surface area contributed by atoms with Gasteiger partial charge in [0.2, 0.25) is 5.91 Å². The van der Waals surface area contributed by atoms with Crippen molar-refractivity contribution in [1.29, 1.82) is 0 Å². The Labute approximate surface area is 171 Å². The first kappa shape index (κ1) is 19.6. The predicted molar refractivity (Wildman–Crippen MR) is 111 cm³/mol. The van der Waals surface area contributed by atoms with Gasteiger partial charge in [-0.05, 0) is 60.7 Å². The smallest absolute Gasteiger partial charge is 0.258 e. The molecule has 6 nitrogen and oxygen atoms in total. The maximum atomic E-state index is 13.1. The molecule has 2 aromatic carbocycles. The lowest BCUT2D eigenvalue weighted by molar-refractivity contribution is -0.128. The van der Waals surface area contributed by atoms with Gasteiger partial charge in [-0.1, -0.05) is 12.1 Å². The Bertz CT molecular complexity index is 1060. The number of sulfone groups is 1. The maximum absolute atomic E-state index is 13.1. The van der Waals surface area contributed by atoms with Crippen LogP contribution in [0.25, 0.3) is 0 Å². The molecule has 29 heavy (non-hydrogen) atoms. The normalized spacial score (nSPS) is 16.8. The Morgan fingerprint density at radius 2 is 1.72 bits per heavy atom. The molecule has 2 amide bonds. The van der Waals surface area contributed by atoms with E-state index in [0.29, 0.717) is 25.1 Å². The molecule has 4 rings (SSSR count). The summed E-state index contributed by atoms with van der Waals surface area (Å²) < 4.78 is 23.7. The van der Waals surface area contributed by atoms with E-state index in [1.54, 1.807) is 35.2 Å². The Morgan fingerprint density at radius 3 is 2.38 bits per heavy atom. The molecule has 2 heterocycles. The summed E-state index contributed by atoms with van der Waals surface area (Å²) in [4.78, 5) is 28.7. The lowest BCUT2D eigenvalue weighted by Gasteiger charge is -2.30. The van der Waals surface area contributed by atoms with Crippen LogP contribution in [-0.2, 0) is 27.6 Å². The Balaban J connectivity index is 1.54. The van der Waals surface area contributed by atoms with Crippen molar-refractivity contribution in [2.75, 3.05) is 24.2 Å². The number of fused-ring (bicyclic) bond motifs is 1. The van der Waals surface area contributed by atoms with E-state index in [-0.39, 0.29) is 16.7 Å². The fraction of sp³-hybridized carbons (Fsp3) is 0.364. The van der Waals surface area contributed by atoms with Gasteiger partial charge in [-0.2, -0.15) is 0 Å². The van der Waals surface area contributed by atoms with Gasteiger partial charge in [0.15, 0.2) is 9.84 Å². The lowest BCUT2D eigenvalue weighted by atomic mass is 10.0. The Morgan fingerprint density at radius 1 is 1.00 bits per heavy atom. The van der Waals surface area contributed by atoms with Crippen LogP contribution in [-0.4, -0.2) is 44.5 Å². The van der Waals surface area contributed by atoms with E-state index < -0.39 is 9.84 Å². The number of rotatable bonds is 4. The minimum Gasteiger partial charge on any atom is -0.338 e. The summed E-state index contributed by atoms with van der Waals surface area (Å²) in [6.45, 7) is 1.97. The van der Waals surface area contributed by atoms with Gasteiger partial charge >= 0.3 is 0 Å². The van der Waals surface area contributed by atoms with Gasteiger partial charge in [0.1, 0.15) is 0 Å². The second-order valence-corrected chi connectivity index (χ2v) is 9.75. The van der Waals surface area contributed by atoms with Crippen LogP contribution in [0, 0.1) is 0 Å². The van der Waals surface area contributed by atoms with E-state index in [9.17, 15) is 18.0 Å². The molecular weight excluding hydrogens is 388 g/mol. The van der Waals surface area contributed by atoms with Crippen LogP contribution in [0.4, 0.5) is 5.69 Å². The molecule has 7 heteroatoms. The number of carbonyl (C=O) groups excluding carboxylic acids is 2. The number of likely N-dealkylation sites (tertiary alicyclic amines) is 1. The predicted octanol–water partition coefficient (Wildman–Crippen LogP) is 2.81. The largest absolute Gasteiger partial charge is 0.338 e. The topological polar surface area (TPSA) is 74.8 Å². The Hall–Kier alpha value is -2.67. The molecule has 152 valence electrons. The van der Waals surface area contributed by atoms with Crippen molar-refractivity contribution in [3.05, 3.63) is 59.2 Å². The number of amides is 2.